The Balaban J connectivity index is 2.15. The van der Waals surface area contributed by atoms with Crippen molar-refractivity contribution >= 4 is 17.6 Å². The van der Waals surface area contributed by atoms with Gasteiger partial charge in [-0.1, -0.05) is 19.0 Å². The Morgan fingerprint density at radius 1 is 1.28 bits per heavy atom. The quantitative estimate of drug-likeness (QED) is 0.472. The molecule has 2 aromatic rings. The van der Waals surface area contributed by atoms with E-state index in [4.69, 9.17) is 4.52 Å². The number of nitro benzene ring substituents is 1. The van der Waals surface area contributed by atoms with Crippen LogP contribution in [0, 0.1) is 16.0 Å². The number of carbonyl (C=O) groups excluding carboxylic acids is 2. The summed E-state index contributed by atoms with van der Waals surface area (Å²) in [4.78, 5) is 37.9. The highest BCUT2D eigenvalue weighted by molar-refractivity contribution is 5.93. The molecule has 132 valence electrons. The van der Waals surface area contributed by atoms with E-state index in [1.54, 1.807) is 13.8 Å². The molecule has 0 saturated heterocycles. The maximum atomic E-state index is 12.2. The highest BCUT2D eigenvalue weighted by Crippen LogP contribution is 2.20. The molecule has 1 heterocycles. The van der Waals surface area contributed by atoms with Gasteiger partial charge in [0.1, 0.15) is 6.04 Å². The first-order valence-corrected chi connectivity index (χ1v) is 7.30. The number of non-ortho nitro benzene ring substituents is 1. The molecule has 0 aliphatic rings. The second-order valence-electron chi connectivity index (χ2n) is 5.45. The average molecular weight is 348 g/mol. The molecule has 0 saturated carbocycles. The van der Waals surface area contributed by atoms with E-state index in [1.165, 1.54) is 31.4 Å². The number of ether oxygens (including phenoxy) is 1. The third kappa shape index (κ3) is 4.16. The van der Waals surface area contributed by atoms with Crippen LogP contribution in [0.3, 0.4) is 0 Å². The number of rotatable bonds is 6. The summed E-state index contributed by atoms with van der Waals surface area (Å²) >= 11 is 0. The van der Waals surface area contributed by atoms with Gasteiger partial charge in [-0.3, -0.25) is 14.9 Å². The van der Waals surface area contributed by atoms with Crippen molar-refractivity contribution in [3.63, 3.8) is 0 Å². The van der Waals surface area contributed by atoms with Crippen LogP contribution in [0.4, 0.5) is 5.69 Å². The van der Waals surface area contributed by atoms with Crippen molar-refractivity contribution in [3.8, 4) is 11.4 Å². The lowest BCUT2D eigenvalue weighted by molar-refractivity contribution is -0.384. The van der Waals surface area contributed by atoms with Gasteiger partial charge in [0.05, 0.1) is 12.0 Å². The largest absolute Gasteiger partial charge is 0.467 e. The molecule has 2 rings (SSSR count). The second-order valence-corrected chi connectivity index (χ2v) is 5.45. The van der Waals surface area contributed by atoms with Crippen LogP contribution in [-0.2, 0) is 9.53 Å². The van der Waals surface area contributed by atoms with Crippen molar-refractivity contribution < 1.29 is 23.8 Å². The summed E-state index contributed by atoms with van der Waals surface area (Å²) in [5.74, 6) is -1.74. The molecule has 0 bridgehead atoms. The molecule has 0 spiro atoms. The summed E-state index contributed by atoms with van der Waals surface area (Å²) in [6.45, 7) is 3.50. The van der Waals surface area contributed by atoms with Gasteiger partial charge < -0.3 is 14.6 Å². The fourth-order valence-electron chi connectivity index (χ4n) is 1.99. The fraction of sp³-hybridized carbons (Fsp3) is 0.333. The molecule has 10 nitrogen and oxygen atoms in total. The molecule has 1 N–H and O–H groups in total. The highest BCUT2D eigenvalue weighted by Gasteiger charge is 2.27. The third-order valence-electron chi connectivity index (χ3n) is 3.36. The molecule has 1 atom stereocenters. The van der Waals surface area contributed by atoms with Crippen LogP contribution in [-0.4, -0.2) is 40.1 Å². The molecule has 1 unspecified atom stereocenters. The van der Waals surface area contributed by atoms with E-state index in [-0.39, 0.29) is 23.3 Å². The lowest BCUT2D eigenvalue weighted by atomic mass is 10.0. The number of amides is 1. The number of methoxy groups -OCH3 is 1. The van der Waals surface area contributed by atoms with Crippen LogP contribution in [0.5, 0.6) is 0 Å². The van der Waals surface area contributed by atoms with E-state index in [0.717, 1.165) is 0 Å². The minimum Gasteiger partial charge on any atom is -0.467 e. The van der Waals surface area contributed by atoms with E-state index in [0.29, 0.717) is 5.56 Å². The highest BCUT2D eigenvalue weighted by atomic mass is 16.6. The van der Waals surface area contributed by atoms with Gasteiger partial charge in [-0.25, -0.2) is 4.79 Å². The molecule has 1 aromatic heterocycles. The minimum absolute atomic E-state index is 0.0805. The van der Waals surface area contributed by atoms with Gasteiger partial charge in [0.25, 0.3) is 5.69 Å². The number of benzene rings is 1. The van der Waals surface area contributed by atoms with E-state index in [2.05, 4.69) is 20.2 Å². The lowest BCUT2D eigenvalue weighted by Gasteiger charge is -2.18. The Morgan fingerprint density at radius 3 is 2.44 bits per heavy atom. The predicted molar refractivity (Wildman–Crippen MR) is 84.5 cm³/mol. The molecular weight excluding hydrogens is 332 g/mol. The van der Waals surface area contributed by atoms with Gasteiger partial charge in [-0.2, -0.15) is 4.98 Å². The van der Waals surface area contributed by atoms with Crippen LogP contribution in [0.2, 0.25) is 0 Å². The number of nitrogens with zero attached hydrogens (tertiary/aromatic N) is 3. The van der Waals surface area contributed by atoms with Crippen molar-refractivity contribution in [1.82, 2.24) is 15.5 Å². The first-order chi connectivity index (χ1) is 11.8. The molecule has 0 aliphatic heterocycles. The van der Waals surface area contributed by atoms with E-state index >= 15 is 0 Å². The molecule has 25 heavy (non-hydrogen) atoms. The summed E-state index contributed by atoms with van der Waals surface area (Å²) in [6.07, 6.45) is 0. The molecule has 0 radical (unpaired) electrons. The zero-order valence-corrected chi connectivity index (χ0v) is 13.8. The third-order valence-corrected chi connectivity index (χ3v) is 3.36. The Morgan fingerprint density at radius 2 is 1.92 bits per heavy atom. The fourth-order valence-corrected chi connectivity index (χ4v) is 1.99. The van der Waals surface area contributed by atoms with E-state index in [9.17, 15) is 19.7 Å². The number of carbonyl (C=O) groups is 2. The predicted octanol–water partition coefficient (Wildman–Crippen LogP) is 1.57. The SMILES string of the molecule is COC(=O)C(NC(=O)c1nc(-c2ccc([N+](=O)[O-])cc2)no1)C(C)C. The van der Waals surface area contributed by atoms with Gasteiger partial charge in [0, 0.05) is 17.7 Å². The smallest absolute Gasteiger partial charge is 0.328 e. The Bertz CT molecular complexity index is 784. The second kappa shape index (κ2) is 7.51. The summed E-state index contributed by atoms with van der Waals surface area (Å²) in [5.41, 5.74) is 0.366. The van der Waals surface area contributed by atoms with Crippen LogP contribution in [0.1, 0.15) is 24.5 Å². The zero-order valence-electron chi connectivity index (χ0n) is 13.8. The molecule has 1 aromatic carbocycles. The molecule has 1 amide bonds. The minimum atomic E-state index is -0.854. The summed E-state index contributed by atoms with van der Waals surface area (Å²) in [6, 6.07) is 4.60. The van der Waals surface area contributed by atoms with Crippen LogP contribution in [0.15, 0.2) is 28.8 Å². The van der Waals surface area contributed by atoms with Crippen LogP contribution in [0.25, 0.3) is 11.4 Å². The van der Waals surface area contributed by atoms with Crippen molar-refractivity contribution in [1.29, 1.82) is 0 Å². The van der Waals surface area contributed by atoms with Crippen LogP contribution >= 0.6 is 0 Å². The number of aromatic nitrogens is 2. The summed E-state index contributed by atoms with van der Waals surface area (Å²) < 4.78 is 9.53. The molecule has 0 aliphatic carbocycles. The number of esters is 1. The van der Waals surface area contributed by atoms with Crippen LogP contribution < -0.4 is 5.32 Å². The molecular formula is C15H16N4O6. The van der Waals surface area contributed by atoms with Gasteiger partial charge in [-0.05, 0) is 18.1 Å². The van der Waals surface area contributed by atoms with Gasteiger partial charge in [0.2, 0.25) is 5.82 Å². The standard InChI is InChI=1S/C15H16N4O6/c1-8(2)11(15(21)24-3)16-13(20)14-17-12(18-25-14)9-4-6-10(7-5-9)19(22)23/h4-8,11H,1-3H3,(H,16,20). The van der Waals surface area contributed by atoms with Crippen molar-refractivity contribution in [2.45, 2.75) is 19.9 Å². The lowest BCUT2D eigenvalue weighted by Crippen LogP contribution is -2.45. The maximum Gasteiger partial charge on any atom is 0.328 e. The number of hydrogen-bond donors (Lipinski definition) is 1. The van der Waals surface area contributed by atoms with Gasteiger partial charge in [0.15, 0.2) is 0 Å². The number of nitro groups is 1. The number of nitrogens with one attached hydrogen (secondary N) is 1. The number of hydrogen-bond acceptors (Lipinski definition) is 8. The Kier molecular flexibility index (Phi) is 5.42. The summed E-state index contributed by atoms with van der Waals surface area (Å²) in [5, 5.41) is 16.8. The monoisotopic (exact) mass is 348 g/mol. The topological polar surface area (TPSA) is 137 Å². The normalized spacial score (nSPS) is 11.8. The van der Waals surface area contributed by atoms with E-state index < -0.39 is 22.8 Å². The first kappa shape index (κ1) is 18.0. The molecule has 0 fully saturated rings. The van der Waals surface area contributed by atoms with Gasteiger partial charge >= 0.3 is 17.8 Å². The Labute approximate surface area is 142 Å². The van der Waals surface area contributed by atoms with Crippen molar-refractivity contribution in [3.05, 3.63) is 40.3 Å². The average Bonchev–Trinajstić information content (AvgIpc) is 3.08. The first-order valence-electron chi connectivity index (χ1n) is 7.30. The maximum absolute atomic E-state index is 12.2. The molecule has 10 heteroatoms. The Hall–Kier alpha value is -3.30. The van der Waals surface area contributed by atoms with E-state index in [1.807, 2.05) is 0 Å². The van der Waals surface area contributed by atoms with Crippen molar-refractivity contribution in [2.75, 3.05) is 7.11 Å². The summed E-state index contributed by atoms with van der Waals surface area (Å²) in [7, 11) is 1.23. The zero-order chi connectivity index (χ0) is 18.6. The van der Waals surface area contributed by atoms with Crippen molar-refractivity contribution in [2.24, 2.45) is 5.92 Å². The van der Waals surface area contributed by atoms with Gasteiger partial charge in [-0.15, -0.1) is 0 Å².